The Labute approximate surface area is 239 Å². The van der Waals surface area contributed by atoms with E-state index in [0.717, 1.165) is 37.5 Å². The van der Waals surface area contributed by atoms with Gasteiger partial charge in [-0.15, -0.1) is 15.0 Å². The van der Waals surface area contributed by atoms with E-state index in [9.17, 15) is 22.4 Å². The monoisotopic (exact) mass is 602 g/mol. The second kappa shape index (κ2) is 12.0. The van der Waals surface area contributed by atoms with Gasteiger partial charge in [0.2, 0.25) is 0 Å². The molecule has 1 unspecified atom stereocenters. The molecule has 0 radical (unpaired) electrons. The molecule has 1 atom stereocenters. The number of rotatable bonds is 10. The van der Waals surface area contributed by atoms with E-state index in [-0.39, 0.29) is 52.5 Å². The van der Waals surface area contributed by atoms with E-state index in [4.69, 9.17) is 4.74 Å². The minimum absolute atomic E-state index is 0.0246. The summed E-state index contributed by atoms with van der Waals surface area (Å²) in [5.41, 5.74) is 0.148. The summed E-state index contributed by atoms with van der Waals surface area (Å²) in [5, 5.41) is 23.7. The second-order valence-corrected chi connectivity index (χ2v) is 9.25. The van der Waals surface area contributed by atoms with Crippen molar-refractivity contribution >= 4 is 17.2 Å². The van der Waals surface area contributed by atoms with Crippen molar-refractivity contribution in [2.24, 2.45) is 0 Å². The molecule has 1 aliphatic rings. The second-order valence-electron chi connectivity index (χ2n) is 9.25. The summed E-state index contributed by atoms with van der Waals surface area (Å²) in [5.74, 6) is -1.15. The van der Waals surface area contributed by atoms with E-state index < -0.39 is 24.9 Å². The lowest BCUT2D eigenvalue weighted by atomic mass is 10.1. The van der Waals surface area contributed by atoms with Gasteiger partial charge in [-0.05, 0) is 48.7 Å². The molecule has 43 heavy (non-hydrogen) atoms. The highest BCUT2D eigenvalue weighted by molar-refractivity contribution is 6.09. The Morgan fingerprint density at radius 1 is 1.14 bits per heavy atom. The van der Waals surface area contributed by atoms with Crippen LogP contribution in [0.15, 0.2) is 49.1 Å². The van der Waals surface area contributed by atoms with Crippen LogP contribution in [0.2, 0.25) is 0 Å². The largest absolute Gasteiger partial charge is 0.435 e. The summed E-state index contributed by atoms with van der Waals surface area (Å²) in [6.45, 7) is -5.90. The molecule has 6 rings (SSSR count). The van der Waals surface area contributed by atoms with Gasteiger partial charge in [0, 0.05) is 25.2 Å². The first kappa shape index (κ1) is 28.0. The molecule has 1 saturated heterocycles. The quantitative estimate of drug-likeness (QED) is 0.234. The van der Waals surface area contributed by atoms with Crippen LogP contribution in [0.3, 0.4) is 0 Å². The molecule has 1 N–H and O–H groups in total. The molecule has 4 aromatic heterocycles. The molecule has 5 heterocycles. The number of alkyl halides is 4. The van der Waals surface area contributed by atoms with Crippen LogP contribution in [0.25, 0.3) is 16.9 Å². The Morgan fingerprint density at radius 3 is 2.79 bits per heavy atom. The lowest BCUT2D eigenvalue weighted by Gasteiger charge is -2.20. The number of nitrogens with one attached hydrogen (secondary N) is 1. The van der Waals surface area contributed by atoms with E-state index in [1.165, 1.54) is 32.6 Å². The third-order valence-corrected chi connectivity index (χ3v) is 6.37. The highest BCUT2D eigenvalue weighted by Gasteiger charge is 2.24. The summed E-state index contributed by atoms with van der Waals surface area (Å²) in [6.07, 6.45) is 8.05. The van der Waals surface area contributed by atoms with Crippen molar-refractivity contribution in [3.8, 4) is 22.8 Å². The zero-order valence-corrected chi connectivity index (χ0v) is 22.1. The average Bonchev–Trinajstić information content (AvgIpc) is 3.73. The predicted molar refractivity (Wildman–Crippen MR) is 138 cm³/mol. The summed E-state index contributed by atoms with van der Waals surface area (Å²) < 4.78 is 70.1. The average molecular weight is 603 g/mol. The fourth-order valence-corrected chi connectivity index (χ4v) is 4.53. The first-order valence-electron chi connectivity index (χ1n) is 13.0. The summed E-state index contributed by atoms with van der Waals surface area (Å²) in [6, 6.07) is 4.77. The van der Waals surface area contributed by atoms with Crippen LogP contribution in [0.4, 0.5) is 23.2 Å². The van der Waals surface area contributed by atoms with Crippen molar-refractivity contribution in [3.05, 3.63) is 60.4 Å². The third-order valence-electron chi connectivity index (χ3n) is 6.37. The number of halogens is 4. The van der Waals surface area contributed by atoms with Gasteiger partial charge in [0.05, 0.1) is 17.4 Å². The predicted octanol–water partition coefficient (Wildman–Crippen LogP) is 3.78. The van der Waals surface area contributed by atoms with Crippen LogP contribution >= 0.6 is 0 Å². The molecule has 1 fully saturated rings. The molecule has 0 bridgehead atoms. The lowest BCUT2D eigenvalue weighted by Crippen LogP contribution is -2.20. The van der Waals surface area contributed by atoms with E-state index in [0.29, 0.717) is 6.61 Å². The Balaban J connectivity index is 1.37. The van der Waals surface area contributed by atoms with Gasteiger partial charge in [0.15, 0.2) is 17.7 Å². The maximum atomic E-state index is 13.3. The summed E-state index contributed by atoms with van der Waals surface area (Å²) in [4.78, 5) is 18.9. The zero-order chi connectivity index (χ0) is 29.9. The number of nitrogens with zero attached hydrogens (tertiary/aromatic N) is 9. The summed E-state index contributed by atoms with van der Waals surface area (Å²) in [7, 11) is 0. The van der Waals surface area contributed by atoms with Crippen molar-refractivity contribution in [1.29, 1.82) is 0 Å². The molecule has 5 aromatic rings. The molecule has 224 valence electrons. The van der Waals surface area contributed by atoms with Gasteiger partial charge in [0.1, 0.15) is 29.3 Å². The van der Waals surface area contributed by atoms with Crippen molar-refractivity contribution in [3.63, 3.8) is 0 Å². The van der Waals surface area contributed by atoms with E-state index >= 15 is 0 Å². The van der Waals surface area contributed by atoms with Crippen LogP contribution in [-0.2, 0) is 11.3 Å². The van der Waals surface area contributed by atoms with Crippen LogP contribution in [0.5, 0.6) is 11.5 Å². The number of carbonyl (C=O) groups is 1. The van der Waals surface area contributed by atoms with E-state index in [1.54, 1.807) is 12.3 Å². The lowest BCUT2D eigenvalue weighted by molar-refractivity contribution is -0.0526. The molecule has 0 saturated carbocycles. The SMILES string of the molecule is O=C(Nc1cn(Cc2nnn(C3CCCCO3)n2)nc1-c1cc(OC(F)F)ccc1OC(F)F)c1cnn2cccnc12. The number of ether oxygens (including phenoxy) is 3. The Kier molecular flexibility index (Phi) is 7.82. The van der Waals surface area contributed by atoms with Gasteiger partial charge in [-0.3, -0.25) is 9.48 Å². The number of amides is 1. The van der Waals surface area contributed by atoms with Crippen molar-refractivity contribution in [2.45, 2.75) is 45.3 Å². The zero-order valence-electron chi connectivity index (χ0n) is 22.1. The van der Waals surface area contributed by atoms with Crippen molar-refractivity contribution < 1.29 is 36.6 Å². The molecule has 0 aliphatic carbocycles. The number of aromatic nitrogens is 9. The van der Waals surface area contributed by atoms with Crippen molar-refractivity contribution in [1.82, 2.24) is 44.6 Å². The Morgan fingerprint density at radius 2 is 2.00 bits per heavy atom. The van der Waals surface area contributed by atoms with Crippen LogP contribution in [-0.4, -0.2) is 70.3 Å². The van der Waals surface area contributed by atoms with Gasteiger partial charge < -0.3 is 19.5 Å². The number of anilines is 1. The topological polar surface area (TPSA) is 148 Å². The third kappa shape index (κ3) is 6.22. The number of benzene rings is 1. The standard InChI is InChI=1S/C25H22F4N10O4/c26-24(27)42-14-5-6-18(43-25(28)29)15(10-14)21-17(32-23(40)16-11-31-38-8-3-7-30-22(16)38)12-37(35-21)13-19-33-36-39(34-19)20-4-1-2-9-41-20/h3,5-8,10-12,20,24-25H,1-2,4,9,13H2,(H,32,40). The van der Waals surface area contributed by atoms with Crippen molar-refractivity contribution in [2.75, 3.05) is 11.9 Å². The van der Waals surface area contributed by atoms with Gasteiger partial charge in [-0.2, -0.15) is 27.8 Å². The Bertz CT molecular complexity index is 1730. The molecule has 1 amide bonds. The first-order valence-corrected chi connectivity index (χ1v) is 13.0. The molecule has 1 aromatic carbocycles. The number of fused-ring (bicyclic) bond motifs is 1. The van der Waals surface area contributed by atoms with E-state index in [2.05, 4.69) is 45.4 Å². The smallest absolute Gasteiger partial charge is 0.387 e. The first-order chi connectivity index (χ1) is 20.8. The van der Waals surface area contributed by atoms with Crippen LogP contribution in [0, 0.1) is 0 Å². The highest BCUT2D eigenvalue weighted by Crippen LogP contribution is 2.38. The summed E-state index contributed by atoms with van der Waals surface area (Å²) >= 11 is 0. The number of hydrogen-bond acceptors (Lipinski definition) is 10. The molecular weight excluding hydrogens is 580 g/mol. The molecule has 0 spiro atoms. The fourth-order valence-electron chi connectivity index (χ4n) is 4.53. The minimum atomic E-state index is -3.24. The number of carbonyl (C=O) groups excluding carboxylic acids is 1. The van der Waals surface area contributed by atoms with Gasteiger partial charge in [-0.25, -0.2) is 9.50 Å². The molecule has 14 nitrogen and oxygen atoms in total. The minimum Gasteiger partial charge on any atom is -0.435 e. The van der Waals surface area contributed by atoms with Gasteiger partial charge in [-0.1, -0.05) is 0 Å². The van der Waals surface area contributed by atoms with Crippen LogP contribution < -0.4 is 14.8 Å². The Hall–Kier alpha value is -5.13. The number of hydrogen-bond donors (Lipinski definition) is 1. The molecular formula is C25H22F4N10O4. The van der Waals surface area contributed by atoms with Gasteiger partial charge in [0.25, 0.3) is 5.91 Å². The van der Waals surface area contributed by atoms with E-state index in [1.807, 2.05) is 0 Å². The van der Waals surface area contributed by atoms with Gasteiger partial charge >= 0.3 is 13.2 Å². The molecule has 18 heteroatoms. The number of tetrazole rings is 1. The maximum Gasteiger partial charge on any atom is 0.387 e. The normalized spacial score (nSPS) is 15.3. The molecule has 1 aliphatic heterocycles. The highest BCUT2D eigenvalue weighted by atomic mass is 19.3. The van der Waals surface area contributed by atoms with Crippen LogP contribution in [0.1, 0.15) is 41.7 Å². The maximum absolute atomic E-state index is 13.3. The fraction of sp³-hybridized carbons (Fsp3) is 0.320.